The van der Waals surface area contributed by atoms with Crippen LogP contribution >= 0.6 is 0 Å². The second-order valence-electron chi connectivity index (χ2n) is 4.23. The van der Waals surface area contributed by atoms with Crippen molar-refractivity contribution in [3.63, 3.8) is 0 Å². The number of nitrogen functional groups attached to an aromatic ring is 1. The van der Waals surface area contributed by atoms with E-state index in [-0.39, 0.29) is 5.97 Å². The molecule has 100 valence electrons. The fraction of sp³-hybridized carbons (Fsp3) is 0.500. The van der Waals surface area contributed by atoms with Gasteiger partial charge in [-0.1, -0.05) is 12.1 Å². The Morgan fingerprint density at radius 1 is 1.33 bits per heavy atom. The Bertz CT molecular complexity index is 391. The van der Waals surface area contributed by atoms with E-state index in [1.54, 1.807) is 0 Å². The summed E-state index contributed by atoms with van der Waals surface area (Å²) >= 11 is 0. The summed E-state index contributed by atoms with van der Waals surface area (Å²) in [5.41, 5.74) is 14.5. The molecule has 0 aromatic heterocycles. The predicted molar refractivity (Wildman–Crippen MR) is 73.2 cm³/mol. The molecule has 0 saturated heterocycles. The summed E-state index contributed by atoms with van der Waals surface area (Å²) in [6, 6.07) is 6.03. The molecule has 1 aromatic rings. The first-order chi connectivity index (χ1) is 8.67. The Hall–Kier alpha value is -1.55. The van der Waals surface area contributed by atoms with Gasteiger partial charge in [0.05, 0.1) is 6.61 Å². The standard InChI is InChI=1S/C14H22N2O2/c1-2-18-14(17)5-3-4-12-7-6-11(8-9-15)10-13(12)16/h6-7,10H,2-5,8-9,15-16H2,1H3. The summed E-state index contributed by atoms with van der Waals surface area (Å²) in [7, 11) is 0. The van der Waals surface area contributed by atoms with Crippen molar-refractivity contribution in [1.29, 1.82) is 0 Å². The highest BCUT2D eigenvalue weighted by Crippen LogP contribution is 2.17. The molecular weight excluding hydrogens is 228 g/mol. The lowest BCUT2D eigenvalue weighted by molar-refractivity contribution is -0.143. The van der Waals surface area contributed by atoms with Gasteiger partial charge in [0.1, 0.15) is 0 Å². The number of carbonyl (C=O) groups is 1. The number of ether oxygens (including phenoxy) is 1. The molecule has 0 aliphatic heterocycles. The smallest absolute Gasteiger partial charge is 0.305 e. The van der Waals surface area contributed by atoms with Gasteiger partial charge in [-0.25, -0.2) is 0 Å². The van der Waals surface area contributed by atoms with Gasteiger partial charge in [0.15, 0.2) is 0 Å². The summed E-state index contributed by atoms with van der Waals surface area (Å²) in [6.07, 6.45) is 2.85. The van der Waals surface area contributed by atoms with Crippen molar-refractivity contribution in [3.8, 4) is 0 Å². The molecule has 0 fully saturated rings. The van der Waals surface area contributed by atoms with Gasteiger partial charge >= 0.3 is 5.97 Å². The summed E-state index contributed by atoms with van der Waals surface area (Å²) < 4.78 is 4.88. The number of nitrogens with two attached hydrogens (primary N) is 2. The number of hydrogen-bond acceptors (Lipinski definition) is 4. The first-order valence-corrected chi connectivity index (χ1v) is 6.40. The summed E-state index contributed by atoms with van der Waals surface area (Å²) in [5.74, 6) is -0.143. The zero-order chi connectivity index (χ0) is 13.4. The van der Waals surface area contributed by atoms with Crippen molar-refractivity contribution in [3.05, 3.63) is 29.3 Å². The lowest BCUT2D eigenvalue weighted by Gasteiger charge is -2.08. The molecule has 0 atom stereocenters. The molecule has 4 heteroatoms. The van der Waals surface area contributed by atoms with Gasteiger partial charge in [-0.05, 0) is 49.9 Å². The first-order valence-electron chi connectivity index (χ1n) is 6.40. The second kappa shape index (κ2) is 7.71. The maximum absolute atomic E-state index is 11.2. The molecule has 0 unspecified atom stereocenters. The quantitative estimate of drug-likeness (QED) is 0.570. The Balaban J connectivity index is 2.45. The Morgan fingerprint density at radius 2 is 2.11 bits per heavy atom. The lowest BCUT2D eigenvalue weighted by Crippen LogP contribution is -2.06. The summed E-state index contributed by atoms with van der Waals surface area (Å²) in [6.45, 7) is 2.88. The molecular formula is C14H22N2O2. The van der Waals surface area contributed by atoms with Gasteiger partial charge in [0, 0.05) is 12.1 Å². The summed E-state index contributed by atoms with van der Waals surface area (Å²) in [4.78, 5) is 11.2. The van der Waals surface area contributed by atoms with Crippen LogP contribution < -0.4 is 11.5 Å². The highest BCUT2D eigenvalue weighted by Gasteiger charge is 2.04. The average molecular weight is 250 g/mol. The molecule has 0 heterocycles. The van der Waals surface area contributed by atoms with E-state index in [0.29, 0.717) is 19.6 Å². The molecule has 0 spiro atoms. The normalized spacial score (nSPS) is 10.3. The number of aryl methyl sites for hydroxylation is 1. The van der Waals surface area contributed by atoms with E-state index >= 15 is 0 Å². The number of esters is 1. The minimum absolute atomic E-state index is 0.143. The van der Waals surface area contributed by atoms with Crippen LogP contribution in [0.2, 0.25) is 0 Å². The zero-order valence-corrected chi connectivity index (χ0v) is 10.9. The highest BCUT2D eigenvalue weighted by atomic mass is 16.5. The zero-order valence-electron chi connectivity index (χ0n) is 10.9. The van der Waals surface area contributed by atoms with Crippen LogP contribution in [0.25, 0.3) is 0 Å². The lowest BCUT2D eigenvalue weighted by atomic mass is 10.0. The monoisotopic (exact) mass is 250 g/mol. The van der Waals surface area contributed by atoms with Crippen LogP contribution in [0.1, 0.15) is 30.9 Å². The molecule has 0 aliphatic rings. The van der Waals surface area contributed by atoms with E-state index in [1.165, 1.54) is 0 Å². The Kier molecular flexibility index (Phi) is 6.22. The van der Waals surface area contributed by atoms with Crippen molar-refractivity contribution in [2.24, 2.45) is 5.73 Å². The molecule has 1 rings (SSSR count). The Labute approximate surface area is 108 Å². The molecule has 0 radical (unpaired) electrons. The van der Waals surface area contributed by atoms with Gasteiger partial charge in [-0.2, -0.15) is 0 Å². The molecule has 4 nitrogen and oxygen atoms in total. The second-order valence-corrected chi connectivity index (χ2v) is 4.23. The van der Waals surface area contributed by atoms with Crippen LogP contribution in [0.15, 0.2) is 18.2 Å². The first kappa shape index (κ1) is 14.5. The van der Waals surface area contributed by atoms with Crippen LogP contribution in [0, 0.1) is 0 Å². The van der Waals surface area contributed by atoms with Crippen LogP contribution in [0.3, 0.4) is 0 Å². The van der Waals surface area contributed by atoms with E-state index in [4.69, 9.17) is 16.2 Å². The maximum atomic E-state index is 11.2. The minimum Gasteiger partial charge on any atom is -0.466 e. The van der Waals surface area contributed by atoms with Gasteiger partial charge < -0.3 is 16.2 Å². The third kappa shape index (κ3) is 4.75. The van der Waals surface area contributed by atoms with Crippen molar-refractivity contribution in [2.75, 3.05) is 18.9 Å². The van der Waals surface area contributed by atoms with E-state index in [2.05, 4.69) is 0 Å². The average Bonchev–Trinajstić information content (AvgIpc) is 2.33. The molecule has 18 heavy (non-hydrogen) atoms. The largest absolute Gasteiger partial charge is 0.466 e. The maximum Gasteiger partial charge on any atom is 0.305 e. The molecule has 0 saturated carbocycles. The van der Waals surface area contributed by atoms with Gasteiger partial charge in [-0.3, -0.25) is 4.79 Å². The topological polar surface area (TPSA) is 78.3 Å². The van der Waals surface area contributed by atoms with Gasteiger partial charge in [-0.15, -0.1) is 0 Å². The third-order valence-corrected chi connectivity index (χ3v) is 2.78. The number of hydrogen-bond donors (Lipinski definition) is 2. The molecule has 0 amide bonds. The van der Waals surface area contributed by atoms with Crippen LogP contribution in [-0.2, 0) is 22.4 Å². The third-order valence-electron chi connectivity index (χ3n) is 2.78. The molecule has 1 aromatic carbocycles. The highest BCUT2D eigenvalue weighted by molar-refractivity contribution is 5.69. The van der Waals surface area contributed by atoms with E-state index in [1.807, 2.05) is 25.1 Å². The van der Waals surface area contributed by atoms with Crippen molar-refractivity contribution < 1.29 is 9.53 Å². The number of carbonyl (C=O) groups excluding carboxylic acids is 1. The SMILES string of the molecule is CCOC(=O)CCCc1ccc(CCN)cc1N. The van der Waals surface area contributed by atoms with Crippen molar-refractivity contribution in [1.82, 2.24) is 0 Å². The van der Waals surface area contributed by atoms with Crippen molar-refractivity contribution >= 4 is 11.7 Å². The minimum atomic E-state index is -0.143. The Morgan fingerprint density at radius 3 is 2.72 bits per heavy atom. The fourth-order valence-electron chi connectivity index (χ4n) is 1.85. The van der Waals surface area contributed by atoms with Gasteiger partial charge in [0.25, 0.3) is 0 Å². The number of benzene rings is 1. The van der Waals surface area contributed by atoms with Crippen LogP contribution in [0.4, 0.5) is 5.69 Å². The van der Waals surface area contributed by atoms with Crippen LogP contribution in [-0.4, -0.2) is 19.1 Å². The molecule has 0 bridgehead atoms. The predicted octanol–water partition coefficient (Wildman–Crippen LogP) is 1.66. The van der Waals surface area contributed by atoms with Crippen molar-refractivity contribution in [2.45, 2.75) is 32.6 Å². The van der Waals surface area contributed by atoms with Crippen LogP contribution in [0.5, 0.6) is 0 Å². The van der Waals surface area contributed by atoms with E-state index in [9.17, 15) is 4.79 Å². The number of rotatable bonds is 7. The van der Waals surface area contributed by atoms with E-state index < -0.39 is 0 Å². The molecule has 4 N–H and O–H groups in total. The van der Waals surface area contributed by atoms with Gasteiger partial charge in [0.2, 0.25) is 0 Å². The number of anilines is 1. The fourth-order valence-corrected chi connectivity index (χ4v) is 1.85. The van der Waals surface area contributed by atoms with E-state index in [0.717, 1.165) is 36.1 Å². The summed E-state index contributed by atoms with van der Waals surface area (Å²) in [5, 5.41) is 0. The molecule has 0 aliphatic carbocycles.